The number of esters is 2. The van der Waals surface area contributed by atoms with Gasteiger partial charge in [0.25, 0.3) is 0 Å². The highest BCUT2D eigenvalue weighted by molar-refractivity contribution is 7.47. The lowest BCUT2D eigenvalue weighted by atomic mass is 9.85. The van der Waals surface area contributed by atoms with Crippen LogP contribution >= 0.6 is 7.82 Å². The van der Waals surface area contributed by atoms with Crippen molar-refractivity contribution in [2.45, 2.75) is 211 Å². The maximum atomic E-state index is 12.8. The maximum absolute atomic E-state index is 12.8. The number of carbonyl (C=O) groups excluding carboxylic acids is 2. The number of phosphoric ester groups is 1. The van der Waals surface area contributed by atoms with E-state index in [1.807, 2.05) is 6.08 Å². The zero-order valence-corrected chi connectivity index (χ0v) is 36.9. The smallest absolute Gasteiger partial charge is 0.462 e. The molecule has 13 nitrogen and oxygen atoms in total. The molecule has 0 saturated heterocycles. The molecule has 342 valence electrons. The fourth-order valence-electron chi connectivity index (χ4n) is 6.49. The van der Waals surface area contributed by atoms with Gasteiger partial charge < -0.3 is 39.9 Å². The monoisotopic (exact) mass is 859 g/mol. The van der Waals surface area contributed by atoms with Crippen molar-refractivity contribution in [3.05, 3.63) is 48.6 Å². The number of ether oxygens (including phenoxy) is 2. The summed E-state index contributed by atoms with van der Waals surface area (Å²) in [5.41, 5.74) is 0. The van der Waals surface area contributed by atoms with E-state index in [1.54, 1.807) is 0 Å². The van der Waals surface area contributed by atoms with E-state index < -0.39 is 75.7 Å². The average molecular weight is 859 g/mol. The molecule has 0 heterocycles. The van der Waals surface area contributed by atoms with Crippen molar-refractivity contribution in [2.24, 2.45) is 0 Å². The lowest BCUT2D eigenvalue weighted by molar-refractivity contribution is -0.220. The van der Waals surface area contributed by atoms with Crippen molar-refractivity contribution < 1.29 is 63.1 Å². The summed E-state index contributed by atoms with van der Waals surface area (Å²) in [6.07, 6.45) is 27.6. The first-order valence-electron chi connectivity index (χ1n) is 22.4. The summed E-state index contributed by atoms with van der Waals surface area (Å²) < 4.78 is 33.4. The Morgan fingerprint density at radius 1 is 0.525 bits per heavy atom. The van der Waals surface area contributed by atoms with Gasteiger partial charge in [0.1, 0.15) is 43.2 Å². The minimum absolute atomic E-state index is 0.0402. The molecule has 1 rings (SSSR count). The molecule has 59 heavy (non-hydrogen) atoms. The molecular formula is C45H79O13P. The van der Waals surface area contributed by atoms with E-state index >= 15 is 0 Å². The molecule has 0 aromatic heterocycles. The van der Waals surface area contributed by atoms with E-state index in [4.69, 9.17) is 18.5 Å². The molecule has 1 aliphatic rings. The second-order valence-corrected chi connectivity index (χ2v) is 16.9. The molecule has 1 aliphatic carbocycles. The summed E-state index contributed by atoms with van der Waals surface area (Å²) >= 11 is 0. The number of aliphatic hydroxyl groups excluding tert-OH is 5. The van der Waals surface area contributed by atoms with Crippen molar-refractivity contribution in [2.75, 3.05) is 13.2 Å². The number of allylic oxidation sites excluding steroid dienone is 8. The Bertz CT molecular complexity index is 1220. The molecule has 6 unspecified atom stereocenters. The Kier molecular flexibility index (Phi) is 32.9. The molecule has 0 aliphatic heterocycles. The van der Waals surface area contributed by atoms with Crippen LogP contribution in [0.25, 0.3) is 0 Å². The lowest BCUT2D eigenvalue weighted by Gasteiger charge is -2.41. The van der Waals surface area contributed by atoms with E-state index in [0.29, 0.717) is 12.8 Å². The predicted molar refractivity (Wildman–Crippen MR) is 230 cm³/mol. The van der Waals surface area contributed by atoms with Crippen molar-refractivity contribution >= 4 is 19.8 Å². The third-order valence-corrected chi connectivity index (χ3v) is 11.1. The number of hydrogen-bond acceptors (Lipinski definition) is 12. The Hall–Kier alpha value is -2.19. The molecule has 14 heteroatoms. The Morgan fingerprint density at radius 2 is 0.949 bits per heavy atom. The third-order valence-electron chi connectivity index (χ3n) is 10.2. The van der Waals surface area contributed by atoms with Gasteiger partial charge in [0.05, 0.1) is 6.61 Å². The molecule has 0 amide bonds. The normalized spacial score (nSPS) is 22.8. The van der Waals surface area contributed by atoms with Gasteiger partial charge in [-0.3, -0.25) is 18.6 Å². The van der Waals surface area contributed by atoms with Gasteiger partial charge in [-0.15, -0.1) is 0 Å². The van der Waals surface area contributed by atoms with Crippen LogP contribution in [0.15, 0.2) is 48.6 Å². The molecule has 0 aromatic carbocycles. The molecule has 0 aromatic rings. The van der Waals surface area contributed by atoms with Crippen molar-refractivity contribution in [1.29, 1.82) is 0 Å². The minimum Gasteiger partial charge on any atom is -0.462 e. The number of phosphoric acid groups is 1. The van der Waals surface area contributed by atoms with Crippen LogP contribution in [0.4, 0.5) is 0 Å². The largest absolute Gasteiger partial charge is 0.472 e. The van der Waals surface area contributed by atoms with Gasteiger partial charge in [0.15, 0.2) is 6.10 Å². The van der Waals surface area contributed by atoms with Gasteiger partial charge in [-0.25, -0.2) is 4.57 Å². The minimum atomic E-state index is -5.13. The van der Waals surface area contributed by atoms with Crippen LogP contribution in [0.1, 0.15) is 168 Å². The van der Waals surface area contributed by atoms with Gasteiger partial charge in [0, 0.05) is 12.8 Å². The molecule has 0 radical (unpaired) electrons. The van der Waals surface area contributed by atoms with E-state index in [9.17, 15) is 44.6 Å². The molecular weight excluding hydrogens is 779 g/mol. The SMILES string of the molecule is CCCCC/C=C/C/C=C/C/C=C/CCCCC(=O)O[C@H](COC(=O)CC/C=C/CCCCCCCCCCCCC)COP(=O)(O)OC1C(O)C(O)C(O)[C@@H](O)C1O. The summed E-state index contributed by atoms with van der Waals surface area (Å²) in [5, 5.41) is 50.1. The molecule has 0 spiro atoms. The first kappa shape index (κ1) is 54.8. The summed E-state index contributed by atoms with van der Waals surface area (Å²) in [6.45, 7) is 3.19. The van der Waals surface area contributed by atoms with Crippen LogP contribution in [-0.2, 0) is 32.7 Å². The molecule has 6 N–H and O–H groups in total. The summed E-state index contributed by atoms with van der Waals surface area (Å²) in [4.78, 5) is 35.6. The van der Waals surface area contributed by atoms with Gasteiger partial charge >= 0.3 is 19.8 Å². The number of hydrogen-bond donors (Lipinski definition) is 6. The second kappa shape index (κ2) is 35.4. The van der Waals surface area contributed by atoms with Crippen LogP contribution in [0.5, 0.6) is 0 Å². The Balaban J connectivity index is 2.53. The van der Waals surface area contributed by atoms with Crippen molar-refractivity contribution in [3.8, 4) is 0 Å². The number of aliphatic hydroxyl groups is 5. The maximum Gasteiger partial charge on any atom is 0.472 e. The summed E-state index contributed by atoms with van der Waals surface area (Å²) in [6, 6.07) is 0. The average Bonchev–Trinajstić information content (AvgIpc) is 3.21. The number of unbranched alkanes of at least 4 members (excludes halogenated alkanes) is 16. The Labute approximate surface area is 354 Å². The summed E-state index contributed by atoms with van der Waals surface area (Å²) in [7, 11) is -5.13. The first-order chi connectivity index (χ1) is 28.4. The highest BCUT2D eigenvalue weighted by Crippen LogP contribution is 2.47. The third kappa shape index (κ3) is 28.1. The zero-order valence-electron chi connectivity index (χ0n) is 36.0. The first-order valence-corrected chi connectivity index (χ1v) is 23.9. The van der Waals surface area contributed by atoms with Crippen LogP contribution < -0.4 is 0 Å². The zero-order chi connectivity index (χ0) is 43.6. The lowest BCUT2D eigenvalue weighted by Crippen LogP contribution is -2.64. The molecule has 1 fully saturated rings. The second-order valence-electron chi connectivity index (χ2n) is 15.5. The van der Waals surface area contributed by atoms with Crippen LogP contribution in [-0.4, -0.2) is 98.3 Å². The predicted octanol–water partition coefficient (Wildman–Crippen LogP) is 8.39. The van der Waals surface area contributed by atoms with Crippen molar-refractivity contribution in [3.63, 3.8) is 0 Å². The van der Waals surface area contributed by atoms with E-state index in [2.05, 4.69) is 56.4 Å². The quantitative estimate of drug-likeness (QED) is 0.0152. The molecule has 0 bridgehead atoms. The van der Waals surface area contributed by atoms with Crippen LogP contribution in [0, 0.1) is 0 Å². The van der Waals surface area contributed by atoms with Gasteiger partial charge in [0.2, 0.25) is 0 Å². The molecule has 8 atom stereocenters. The van der Waals surface area contributed by atoms with E-state index in [1.165, 1.54) is 83.5 Å². The van der Waals surface area contributed by atoms with Crippen LogP contribution in [0.2, 0.25) is 0 Å². The van der Waals surface area contributed by atoms with E-state index in [0.717, 1.165) is 44.9 Å². The molecule has 1 saturated carbocycles. The van der Waals surface area contributed by atoms with Crippen molar-refractivity contribution in [1.82, 2.24) is 0 Å². The number of carbonyl (C=O) groups is 2. The van der Waals surface area contributed by atoms with Gasteiger partial charge in [-0.05, 0) is 64.2 Å². The Morgan fingerprint density at radius 3 is 1.51 bits per heavy atom. The van der Waals surface area contributed by atoms with E-state index in [-0.39, 0.29) is 12.8 Å². The van der Waals surface area contributed by atoms with Crippen LogP contribution in [0.3, 0.4) is 0 Å². The van der Waals surface area contributed by atoms with Gasteiger partial charge in [-0.1, -0.05) is 140 Å². The standard InChI is InChI=1S/C45H79O13P/c1-3-5-7-9-11-13-15-17-19-21-23-25-27-29-31-33-38(46)55-35-37(36-56-59(53,54)58-45-43(51)41(49)40(48)42(50)44(45)52)57-39(47)34-32-30-28-26-24-22-20-18-16-14-12-10-8-6-4-2/h12,14,18,20,24,26-27,29,37,40-45,48-52H,3-11,13,15-17,19,21-23,25,28,30-36H2,1-2H3,(H,53,54)/b14-12+,20-18+,26-24+,29-27+/t37-,40?,41-,42?,43?,44?,45?/m1/s1. The fourth-order valence-corrected chi connectivity index (χ4v) is 7.46. The number of rotatable bonds is 36. The van der Waals surface area contributed by atoms with Gasteiger partial charge in [-0.2, -0.15) is 0 Å². The topological polar surface area (TPSA) is 210 Å². The highest BCUT2D eigenvalue weighted by atomic mass is 31.2. The highest BCUT2D eigenvalue weighted by Gasteiger charge is 2.51. The summed E-state index contributed by atoms with van der Waals surface area (Å²) in [5.74, 6) is -1.20. The fraction of sp³-hybridized carbons (Fsp3) is 0.778.